The first kappa shape index (κ1) is 16.8. The van der Waals surface area contributed by atoms with Crippen LogP contribution >= 0.6 is 11.3 Å². The normalized spacial score (nSPS) is 13.1. The van der Waals surface area contributed by atoms with Crippen LogP contribution in [0.4, 0.5) is 0 Å². The Morgan fingerprint density at radius 2 is 2.12 bits per heavy atom. The van der Waals surface area contributed by atoms with Gasteiger partial charge in [0.15, 0.2) is 0 Å². The van der Waals surface area contributed by atoms with E-state index >= 15 is 0 Å². The summed E-state index contributed by atoms with van der Waals surface area (Å²) >= 11 is 1.58. The fourth-order valence-electron chi connectivity index (χ4n) is 2.53. The highest BCUT2D eigenvalue weighted by molar-refractivity contribution is 7.89. The Hall–Kier alpha value is -2.03. The van der Waals surface area contributed by atoms with E-state index < -0.39 is 10.0 Å². The highest BCUT2D eigenvalue weighted by atomic mass is 32.2. The van der Waals surface area contributed by atoms with Crippen LogP contribution in [0.2, 0.25) is 0 Å². The Morgan fingerprint density at radius 1 is 1.29 bits per heavy atom. The largest absolute Gasteiger partial charge is 0.263 e. The summed E-state index contributed by atoms with van der Waals surface area (Å²) in [5.41, 5.74) is 1.90. The molecule has 0 saturated heterocycles. The quantitative estimate of drug-likeness (QED) is 0.731. The zero-order chi connectivity index (χ0) is 17.2. The molecule has 0 fully saturated rings. The van der Waals surface area contributed by atoms with Gasteiger partial charge in [0.1, 0.15) is 4.90 Å². The molecule has 0 spiro atoms. The van der Waals surface area contributed by atoms with Gasteiger partial charge in [-0.1, -0.05) is 6.07 Å². The standard InChI is InChI=1S/C16H18N4O2S2/c1-12-9-13(2)20(19-12)15(16-6-4-8-23-16)11-18-24(21,22)14-5-3-7-17-10-14/h3-10,15,18H,11H2,1-2H3/t15-/m0/s1. The minimum atomic E-state index is -3.61. The molecule has 3 aromatic rings. The molecule has 0 amide bonds. The Kier molecular flexibility index (Phi) is 4.79. The molecule has 3 rings (SSSR count). The third-order valence-electron chi connectivity index (χ3n) is 3.62. The van der Waals surface area contributed by atoms with Gasteiger partial charge in [-0.25, -0.2) is 13.1 Å². The lowest BCUT2D eigenvalue weighted by Crippen LogP contribution is -2.32. The summed E-state index contributed by atoms with van der Waals surface area (Å²) in [6.45, 7) is 4.12. The van der Waals surface area contributed by atoms with Crippen molar-refractivity contribution < 1.29 is 8.42 Å². The number of thiophene rings is 1. The number of hydrogen-bond donors (Lipinski definition) is 1. The number of aryl methyl sites for hydroxylation is 2. The van der Waals surface area contributed by atoms with Crippen LogP contribution in [0.15, 0.2) is 53.0 Å². The minimum Gasteiger partial charge on any atom is -0.263 e. The van der Waals surface area contributed by atoms with E-state index in [-0.39, 0.29) is 17.5 Å². The summed E-state index contributed by atoms with van der Waals surface area (Å²) < 4.78 is 29.4. The minimum absolute atomic E-state index is 0.156. The van der Waals surface area contributed by atoms with Crippen molar-refractivity contribution in [3.63, 3.8) is 0 Å². The summed E-state index contributed by atoms with van der Waals surface area (Å²) in [4.78, 5) is 5.08. The maximum Gasteiger partial charge on any atom is 0.242 e. The molecule has 0 bridgehead atoms. The highest BCUT2D eigenvalue weighted by Crippen LogP contribution is 2.24. The molecule has 6 nitrogen and oxygen atoms in total. The van der Waals surface area contributed by atoms with E-state index in [0.717, 1.165) is 16.3 Å². The molecular weight excluding hydrogens is 344 g/mol. The fraction of sp³-hybridized carbons (Fsp3) is 0.250. The number of hydrogen-bond acceptors (Lipinski definition) is 5. The maximum absolute atomic E-state index is 12.5. The number of aromatic nitrogens is 3. The lowest BCUT2D eigenvalue weighted by Gasteiger charge is -2.19. The zero-order valence-corrected chi connectivity index (χ0v) is 15.0. The van der Waals surface area contributed by atoms with E-state index in [2.05, 4.69) is 14.8 Å². The van der Waals surface area contributed by atoms with Gasteiger partial charge in [-0.15, -0.1) is 11.3 Å². The van der Waals surface area contributed by atoms with Crippen molar-refractivity contribution in [1.82, 2.24) is 19.5 Å². The molecule has 0 aromatic carbocycles. The van der Waals surface area contributed by atoms with Gasteiger partial charge in [0.25, 0.3) is 0 Å². The predicted molar refractivity (Wildman–Crippen MR) is 93.6 cm³/mol. The molecule has 0 aliphatic carbocycles. The fourth-order valence-corrected chi connectivity index (χ4v) is 4.34. The van der Waals surface area contributed by atoms with Crippen LogP contribution in [0, 0.1) is 13.8 Å². The van der Waals surface area contributed by atoms with E-state index in [1.54, 1.807) is 23.6 Å². The molecule has 1 N–H and O–H groups in total. The average molecular weight is 362 g/mol. The van der Waals surface area contributed by atoms with Crippen LogP contribution in [0.1, 0.15) is 22.3 Å². The molecule has 0 unspecified atom stereocenters. The van der Waals surface area contributed by atoms with Crippen LogP contribution in [0.5, 0.6) is 0 Å². The summed E-state index contributed by atoms with van der Waals surface area (Å²) in [7, 11) is -3.61. The van der Waals surface area contributed by atoms with Crippen molar-refractivity contribution in [2.75, 3.05) is 6.54 Å². The number of sulfonamides is 1. The monoisotopic (exact) mass is 362 g/mol. The summed E-state index contributed by atoms with van der Waals surface area (Å²) in [6, 6.07) is 8.87. The summed E-state index contributed by atoms with van der Waals surface area (Å²) in [5, 5.41) is 6.49. The molecule has 3 heterocycles. The van der Waals surface area contributed by atoms with Crippen molar-refractivity contribution >= 4 is 21.4 Å². The van der Waals surface area contributed by atoms with Crippen LogP contribution in [0.3, 0.4) is 0 Å². The Bertz CT molecular complexity index is 903. The lowest BCUT2D eigenvalue weighted by atomic mass is 10.2. The Morgan fingerprint density at radius 3 is 2.71 bits per heavy atom. The van der Waals surface area contributed by atoms with E-state index in [9.17, 15) is 8.42 Å². The van der Waals surface area contributed by atoms with E-state index in [4.69, 9.17) is 0 Å². The number of rotatable bonds is 6. The van der Waals surface area contributed by atoms with Crippen molar-refractivity contribution in [2.45, 2.75) is 24.8 Å². The van der Waals surface area contributed by atoms with Crippen LogP contribution in [-0.2, 0) is 10.0 Å². The van der Waals surface area contributed by atoms with Crippen molar-refractivity contribution in [3.8, 4) is 0 Å². The SMILES string of the molecule is Cc1cc(C)n([C@@H](CNS(=O)(=O)c2cccnc2)c2cccs2)n1. The Labute approximate surface area is 145 Å². The molecule has 3 aromatic heterocycles. The Balaban J connectivity index is 1.87. The molecule has 0 aliphatic rings. The highest BCUT2D eigenvalue weighted by Gasteiger charge is 2.22. The van der Waals surface area contributed by atoms with Crippen LogP contribution < -0.4 is 4.72 Å². The first-order valence-electron chi connectivity index (χ1n) is 7.43. The lowest BCUT2D eigenvalue weighted by molar-refractivity contribution is 0.499. The molecular formula is C16H18N4O2S2. The second kappa shape index (κ2) is 6.84. The summed E-state index contributed by atoms with van der Waals surface area (Å²) in [6.07, 6.45) is 2.88. The van der Waals surface area contributed by atoms with Crippen LogP contribution in [-0.4, -0.2) is 29.7 Å². The van der Waals surface area contributed by atoms with Gasteiger partial charge in [-0.2, -0.15) is 5.10 Å². The third-order valence-corrected chi connectivity index (χ3v) is 6.01. The molecule has 0 saturated carbocycles. The van der Waals surface area contributed by atoms with Gasteiger partial charge in [0.2, 0.25) is 10.0 Å². The van der Waals surface area contributed by atoms with E-state index in [0.29, 0.717) is 0 Å². The van der Waals surface area contributed by atoms with Gasteiger partial charge in [-0.05, 0) is 43.5 Å². The van der Waals surface area contributed by atoms with Gasteiger partial charge in [0.05, 0.1) is 11.7 Å². The second-order valence-corrected chi connectivity index (χ2v) is 8.19. The third kappa shape index (κ3) is 3.55. The maximum atomic E-state index is 12.5. The van der Waals surface area contributed by atoms with Gasteiger partial charge >= 0.3 is 0 Å². The molecule has 0 aliphatic heterocycles. The predicted octanol–water partition coefficient (Wildman–Crippen LogP) is 2.52. The molecule has 8 heteroatoms. The van der Waals surface area contributed by atoms with Crippen LogP contribution in [0.25, 0.3) is 0 Å². The van der Waals surface area contributed by atoms with E-state index in [1.165, 1.54) is 12.3 Å². The number of nitrogens with one attached hydrogen (secondary N) is 1. The molecule has 1 atom stereocenters. The first-order chi connectivity index (χ1) is 11.5. The van der Waals surface area contributed by atoms with Gasteiger partial charge in [-0.3, -0.25) is 9.67 Å². The zero-order valence-electron chi connectivity index (χ0n) is 13.4. The molecule has 24 heavy (non-hydrogen) atoms. The average Bonchev–Trinajstić information content (AvgIpc) is 3.19. The van der Waals surface area contributed by atoms with Crippen molar-refractivity contribution in [2.24, 2.45) is 0 Å². The molecule has 0 radical (unpaired) electrons. The summed E-state index contributed by atoms with van der Waals surface area (Å²) in [5.74, 6) is 0. The van der Waals surface area contributed by atoms with E-state index in [1.807, 2.05) is 42.1 Å². The van der Waals surface area contributed by atoms with Gasteiger partial charge in [0, 0.05) is 29.5 Å². The first-order valence-corrected chi connectivity index (χ1v) is 9.79. The number of pyridine rings is 1. The second-order valence-electron chi connectivity index (χ2n) is 5.44. The van der Waals surface area contributed by atoms with Gasteiger partial charge < -0.3 is 0 Å². The van der Waals surface area contributed by atoms with Crippen molar-refractivity contribution in [1.29, 1.82) is 0 Å². The van der Waals surface area contributed by atoms with Crippen molar-refractivity contribution in [3.05, 3.63) is 64.4 Å². The number of nitrogens with zero attached hydrogens (tertiary/aromatic N) is 3. The topological polar surface area (TPSA) is 76.9 Å². The molecule has 126 valence electrons. The smallest absolute Gasteiger partial charge is 0.242 e.